The first-order valence-corrected chi connectivity index (χ1v) is 8.78. The van der Waals surface area contributed by atoms with E-state index in [9.17, 15) is 4.39 Å². The second-order valence-corrected chi connectivity index (χ2v) is 6.42. The maximum Gasteiger partial charge on any atom is 0.277 e. The maximum absolute atomic E-state index is 13.0. The summed E-state index contributed by atoms with van der Waals surface area (Å²) in [6.07, 6.45) is 0. The van der Waals surface area contributed by atoms with E-state index in [4.69, 9.17) is 8.94 Å². The topological polar surface area (TPSA) is 77.8 Å². The summed E-state index contributed by atoms with van der Waals surface area (Å²) in [6.45, 7) is 1.99. The van der Waals surface area contributed by atoms with Gasteiger partial charge in [0.1, 0.15) is 5.82 Å². The molecule has 0 bridgehead atoms. The molecule has 0 amide bonds. The number of aromatic nitrogens is 4. The van der Waals surface area contributed by atoms with Crippen LogP contribution in [-0.4, -0.2) is 20.3 Å². The van der Waals surface area contributed by atoms with Crippen LogP contribution in [0.25, 0.3) is 22.8 Å². The number of nitrogens with zero attached hydrogens (tertiary/aromatic N) is 4. The van der Waals surface area contributed by atoms with E-state index in [2.05, 4.69) is 20.3 Å². The maximum atomic E-state index is 13.0. The Morgan fingerprint density at radius 2 is 1.85 bits per heavy atom. The Hall–Kier alpha value is -3.00. The zero-order chi connectivity index (χ0) is 17.9. The molecule has 0 radical (unpaired) electrons. The number of aryl methyl sites for hydroxylation is 1. The predicted molar refractivity (Wildman–Crippen MR) is 93.7 cm³/mol. The van der Waals surface area contributed by atoms with Crippen molar-refractivity contribution < 1.29 is 13.3 Å². The SMILES string of the molecule is Cc1ccccc1-c1nnc(SCc2nc(-c3ccc(F)cc3)no2)o1. The van der Waals surface area contributed by atoms with E-state index < -0.39 is 0 Å². The summed E-state index contributed by atoms with van der Waals surface area (Å²) in [7, 11) is 0. The third kappa shape index (κ3) is 3.50. The molecule has 2 heterocycles. The lowest BCUT2D eigenvalue weighted by atomic mass is 10.1. The fourth-order valence-corrected chi connectivity index (χ4v) is 2.94. The van der Waals surface area contributed by atoms with Gasteiger partial charge in [0.2, 0.25) is 17.6 Å². The van der Waals surface area contributed by atoms with Gasteiger partial charge in [0.15, 0.2) is 0 Å². The molecule has 4 rings (SSSR count). The van der Waals surface area contributed by atoms with Crippen molar-refractivity contribution >= 4 is 11.8 Å². The minimum absolute atomic E-state index is 0.311. The van der Waals surface area contributed by atoms with Crippen LogP contribution in [0.2, 0.25) is 0 Å². The second-order valence-electron chi connectivity index (χ2n) is 5.50. The highest BCUT2D eigenvalue weighted by Crippen LogP contribution is 2.27. The first-order chi connectivity index (χ1) is 12.7. The van der Waals surface area contributed by atoms with Crippen LogP contribution < -0.4 is 0 Å². The Bertz CT molecular complexity index is 1030. The van der Waals surface area contributed by atoms with E-state index in [1.165, 1.54) is 23.9 Å². The molecule has 4 aromatic rings. The number of halogens is 1. The lowest BCUT2D eigenvalue weighted by molar-refractivity contribution is 0.391. The summed E-state index contributed by atoms with van der Waals surface area (Å²) >= 11 is 1.31. The molecule has 0 unspecified atom stereocenters. The molecule has 0 aliphatic heterocycles. The fraction of sp³-hybridized carbons (Fsp3) is 0.111. The Labute approximate surface area is 152 Å². The van der Waals surface area contributed by atoms with Crippen molar-refractivity contribution in [2.75, 3.05) is 0 Å². The summed E-state index contributed by atoms with van der Waals surface area (Å²) in [6, 6.07) is 13.7. The molecule has 0 saturated carbocycles. The first kappa shape index (κ1) is 16.5. The first-order valence-electron chi connectivity index (χ1n) is 7.80. The zero-order valence-corrected chi connectivity index (χ0v) is 14.5. The number of benzene rings is 2. The fourth-order valence-electron chi connectivity index (χ4n) is 2.34. The van der Waals surface area contributed by atoms with E-state index in [0.29, 0.717) is 34.1 Å². The van der Waals surface area contributed by atoms with Crippen molar-refractivity contribution in [2.24, 2.45) is 0 Å². The Balaban J connectivity index is 1.44. The molecular weight excluding hydrogens is 355 g/mol. The lowest BCUT2D eigenvalue weighted by Crippen LogP contribution is -1.83. The normalized spacial score (nSPS) is 11.0. The molecular formula is C18H13FN4O2S. The summed E-state index contributed by atoms with van der Waals surface area (Å²) in [5.41, 5.74) is 2.66. The minimum atomic E-state index is -0.311. The molecule has 0 saturated heterocycles. The van der Waals surface area contributed by atoms with E-state index in [-0.39, 0.29) is 5.82 Å². The molecule has 0 N–H and O–H groups in total. The largest absolute Gasteiger partial charge is 0.411 e. The van der Waals surface area contributed by atoms with Gasteiger partial charge in [-0.15, -0.1) is 10.2 Å². The van der Waals surface area contributed by atoms with Crippen LogP contribution in [-0.2, 0) is 5.75 Å². The van der Waals surface area contributed by atoms with Crippen LogP contribution in [0.1, 0.15) is 11.5 Å². The number of rotatable bonds is 5. The van der Waals surface area contributed by atoms with E-state index >= 15 is 0 Å². The standard InChI is InChI=1S/C18H13FN4O2S/c1-11-4-2-3-5-14(11)17-21-22-18(24-17)26-10-15-20-16(23-25-15)12-6-8-13(19)9-7-12/h2-9H,10H2,1H3. The Kier molecular flexibility index (Phi) is 4.49. The van der Waals surface area contributed by atoms with Gasteiger partial charge in [0.05, 0.1) is 5.75 Å². The van der Waals surface area contributed by atoms with Crippen molar-refractivity contribution in [3.8, 4) is 22.8 Å². The van der Waals surface area contributed by atoms with Crippen molar-refractivity contribution in [3.63, 3.8) is 0 Å². The van der Waals surface area contributed by atoms with Crippen molar-refractivity contribution in [1.29, 1.82) is 0 Å². The summed E-state index contributed by atoms with van der Waals surface area (Å²) < 4.78 is 23.9. The van der Waals surface area contributed by atoms with Crippen molar-refractivity contribution in [2.45, 2.75) is 17.9 Å². The van der Waals surface area contributed by atoms with Gasteiger partial charge in [-0.05, 0) is 42.8 Å². The van der Waals surface area contributed by atoms with Gasteiger partial charge in [-0.1, -0.05) is 35.1 Å². The van der Waals surface area contributed by atoms with E-state index in [1.54, 1.807) is 12.1 Å². The zero-order valence-electron chi connectivity index (χ0n) is 13.7. The van der Waals surface area contributed by atoms with Crippen LogP contribution >= 0.6 is 11.8 Å². The number of hydrogen-bond donors (Lipinski definition) is 0. The third-order valence-corrected chi connectivity index (χ3v) is 4.47. The monoisotopic (exact) mass is 368 g/mol. The predicted octanol–water partition coefficient (Wildman–Crippen LogP) is 4.53. The number of thioether (sulfide) groups is 1. The van der Waals surface area contributed by atoms with Crippen molar-refractivity contribution in [1.82, 2.24) is 20.3 Å². The average Bonchev–Trinajstić information content (AvgIpc) is 3.30. The molecule has 2 aromatic carbocycles. The minimum Gasteiger partial charge on any atom is -0.411 e. The van der Waals surface area contributed by atoms with E-state index in [1.807, 2.05) is 31.2 Å². The van der Waals surface area contributed by atoms with Crippen LogP contribution in [0, 0.1) is 12.7 Å². The number of hydrogen-bond acceptors (Lipinski definition) is 7. The molecule has 0 atom stereocenters. The van der Waals surface area contributed by atoms with Crippen molar-refractivity contribution in [3.05, 3.63) is 65.8 Å². The van der Waals surface area contributed by atoms with E-state index in [0.717, 1.165) is 11.1 Å². The highest BCUT2D eigenvalue weighted by molar-refractivity contribution is 7.98. The van der Waals surface area contributed by atoms with Crippen LogP contribution in [0.3, 0.4) is 0 Å². The average molecular weight is 368 g/mol. The summed E-state index contributed by atoms with van der Waals surface area (Å²) in [4.78, 5) is 4.29. The Morgan fingerprint density at radius 3 is 2.65 bits per heavy atom. The van der Waals surface area contributed by atoms with Gasteiger partial charge in [0.25, 0.3) is 5.22 Å². The molecule has 0 spiro atoms. The van der Waals surface area contributed by atoms with Gasteiger partial charge in [-0.25, -0.2) is 4.39 Å². The quantitative estimate of drug-likeness (QED) is 0.479. The highest BCUT2D eigenvalue weighted by Gasteiger charge is 2.14. The Morgan fingerprint density at radius 1 is 1.04 bits per heavy atom. The van der Waals surface area contributed by atoms with Gasteiger partial charge >= 0.3 is 0 Å². The molecule has 0 fully saturated rings. The molecule has 2 aromatic heterocycles. The summed E-state index contributed by atoms with van der Waals surface area (Å²) in [5, 5.41) is 12.4. The molecule has 6 nitrogen and oxygen atoms in total. The molecule has 26 heavy (non-hydrogen) atoms. The molecule has 0 aliphatic carbocycles. The van der Waals surface area contributed by atoms with Crippen LogP contribution in [0.15, 0.2) is 62.7 Å². The van der Waals surface area contributed by atoms with Gasteiger partial charge < -0.3 is 8.94 Å². The molecule has 0 aliphatic rings. The molecule has 130 valence electrons. The summed E-state index contributed by atoms with van der Waals surface area (Å²) in [5.74, 6) is 1.39. The van der Waals surface area contributed by atoms with Crippen LogP contribution in [0.5, 0.6) is 0 Å². The molecule has 8 heteroatoms. The van der Waals surface area contributed by atoms with Gasteiger partial charge in [0, 0.05) is 11.1 Å². The van der Waals surface area contributed by atoms with Crippen LogP contribution in [0.4, 0.5) is 4.39 Å². The van der Waals surface area contributed by atoms with Gasteiger partial charge in [-0.2, -0.15) is 4.98 Å². The second kappa shape index (κ2) is 7.09. The third-order valence-electron chi connectivity index (χ3n) is 3.67. The highest BCUT2D eigenvalue weighted by atomic mass is 32.2. The smallest absolute Gasteiger partial charge is 0.277 e. The lowest BCUT2D eigenvalue weighted by Gasteiger charge is -1.98. The van der Waals surface area contributed by atoms with Gasteiger partial charge in [-0.3, -0.25) is 0 Å².